The van der Waals surface area contributed by atoms with Crippen LogP contribution in [-0.4, -0.2) is 27.1 Å². The van der Waals surface area contributed by atoms with Crippen molar-refractivity contribution in [3.05, 3.63) is 80.3 Å². The van der Waals surface area contributed by atoms with Crippen LogP contribution in [0, 0.1) is 0 Å². The monoisotopic (exact) mass is 412 g/mol. The molecule has 2 aromatic carbocycles. The molecule has 9 heteroatoms. The van der Waals surface area contributed by atoms with E-state index in [4.69, 9.17) is 16.3 Å². The maximum absolute atomic E-state index is 12.2. The molecule has 0 aliphatic heterocycles. The highest BCUT2D eigenvalue weighted by Crippen LogP contribution is 2.15. The van der Waals surface area contributed by atoms with E-state index in [0.29, 0.717) is 26.0 Å². The van der Waals surface area contributed by atoms with Crippen molar-refractivity contribution in [3.63, 3.8) is 0 Å². The Bertz CT molecular complexity index is 1230. The first-order valence-electron chi connectivity index (χ1n) is 8.21. The number of aromatic nitrogens is 3. The molecule has 0 fully saturated rings. The number of hydrogen-bond donors (Lipinski definition) is 1. The summed E-state index contributed by atoms with van der Waals surface area (Å²) in [5.41, 5.74) is 1.28. The van der Waals surface area contributed by atoms with Crippen LogP contribution in [0.3, 0.4) is 0 Å². The minimum atomic E-state index is -0.275. The van der Waals surface area contributed by atoms with Gasteiger partial charge in [-0.2, -0.15) is 9.61 Å². The smallest absolute Gasteiger partial charge is 0.291 e. The van der Waals surface area contributed by atoms with E-state index in [1.807, 2.05) is 12.1 Å². The minimum Gasteiger partial charge on any atom is -0.484 e. The standard InChI is InChI=1S/C19H13ClN4O3S/c20-13-3-5-14(6-4-13)23-17(25)10-27-15-7-1-12(2-8-15)9-16-18(26)24-19(28-16)21-11-22-24/h1-9,11H,10H2,(H,23,25)/b16-9-. The van der Waals surface area contributed by atoms with Crippen molar-refractivity contribution >= 4 is 45.6 Å². The van der Waals surface area contributed by atoms with Crippen molar-refractivity contribution in [1.29, 1.82) is 0 Å². The largest absolute Gasteiger partial charge is 0.484 e. The Morgan fingerprint density at radius 1 is 1.18 bits per heavy atom. The maximum Gasteiger partial charge on any atom is 0.291 e. The van der Waals surface area contributed by atoms with Gasteiger partial charge in [-0.25, -0.2) is 4.98 Å². The number of anilines is 1. The average molecular weight is 413 g/mol. The molecule has 4 rings (SSSR count). The first-order chi connectivity index (χ1) is 13.6. The van der Waals surface area contributed by atoms with Crippen molar-refractivity contribution in [2.24, 2.45) is 0 Å². The van der Waals surface area contributed by atoms with Crippen LogP contribution < -0.4 is 20.1 Å². The van der Waals surface area contributed by atoms with Gasteiger partial charge >= 0.3 is 0 Å². The number of amides is 1. The van der Waals surface area contributed by atoms with Crippen molar-refractivity contribution in [3.8, 4) is 5.75 Å². The van der Waals surface area contributed by atoms with E-state index in [2.05, 4.69) is 15.4 Å². The lowest BCUT2D eigenvalue weighted by atomic mass is 10.2. The molecule has 2 heterocycles. The second-order valence-corrected chi connectivity index (χ2v) is 7.23. The molecule has 4 aromatic rings. The van der Waals surface area contributed by atoms with E-state index in [0.717, 1.165) is 5.56 Å². The molecule has 0 aliphatic rings. The van der Waals surface area contributed by atoms with Crippen LogP contribution in [0.4, 0.5) is 5.69 Å². The number of ether oxygens (including phenoxy) is 1. The van der Waals surface area contributed by atoms with Gasteiger partial charge in [0.05, 0.1) is 4.53 Å². The highest BCUT2D eigenvalue weighted by atomic mass is 35.5. The van der Waals surface area contributed by atoms with E-state index < -0.39 is 0 Å². The van der Waals surface area contributed by atoms with Gasteiger partial charge in [-0.05, 0) is 48.0 Å². The number of thiazole rings is 1. The molecule has 0 spiro atoms. The van der Waals surface area contributed by atoms with Crippen molar-refractivity contribution in [1.82, 2.24) is 14.6 Å². The maximum atomic E-state index is 12.2. The van der Waals surface area contributed by atoms with Gasteiger partial charge in [0, 0.05) is 10.7 Å². The molecule has 0 unspecified atom stereocenters. The lowest BCUT2D eigenvalue weighted by Crippen LogP contribution is -2.23. The van der Waals surface area contributed by atoms with Crippen LogP contribution in [0.2, 0.25) is 5.02 Å². The van der Waals surface area contributed by atoms with Gasteiger partial charge in [-0.15, -0.1) is 0 Å². The zero-order valence-corrected chi connectivity index (χ0v) is 15.9. The molecule has 7 nitrogen and oxygen atoms in total. The minimum absolute atomic E-state index is 0.121. The SMILES string of the molecule is O=C(COc1ccc(/C=c2\sc3ncnn3c2=O)cc1)Nc1ccc(Cl)cc1. The molecule has 0 saturated heterocycles. The second kappa shape index (κ2) is 7.79. The van der Waals surface area contributed by atoms with Gasteiger partial charge < -0.3 is 10.1 Å². The highest BCUT2D eigenvalue weighted by Gasteiger charge is 2.06. The number of carbonyl (C=O) groups excluding carboxylic acids is 1. The number of halogens is 1. The first-order valence-corrected chi connectivity index (χ1v) is 9.40. The Morgan fingerprint density at radius 3 is 2.64 bits per heavy atom. The van der Waals surface area contributed by atoms with Gasteiger partial charge in [0.2, 0.25) is 4.96 Å². The zero-order chi connectivity index (χ0) is 19.5. The van der Waals surface area contributed by atoms with E-state index in [-0.39, 0.29) is 18.1 Å². The van der Waals surface area contributed by atoms with Gasteiger partial charge in [0.1, 0.15) is 12.1 Å². The quantitative estimate of drug-likeness (QED) is 0.544. The van der Waals surface area contributed by atoms with E-state index in [1.165, 1.54) is 22.2 Å². The third-order valence-corrected chi connectivity index (χ3v) is 5.02. The molecule has 1 amide bonds. The van der Waals surface area contributed by atoms with Crippen LogP contribution in [0.5, 0.6) is 5.75 Å². The van der Waals surface area contributed by atoms with Crippen molar-refractivity contribution in [2.45, 2.75) is 0 Å². The summed E-state index contributed by atoms with van der Waals surface area (Å²) in [6.07, 6.45) is 3.12. The van der Waals surface area contributed by atoms with Crippen LogP contribution in [0.1, 0.15) is 5.56 Å². The predicted molar refractivity (Wildman–Crippen MR) is 108 cm³/mol. The summed E-state index contributed by atoms with van der Waals surface area (Å²) >= 11 is 7.09. The lowest BCUT2D eigenvalue weighted by Gasteiger charge is -2.07. The number of hydrogen-bond acceptors (Lipinski definition) is 6. The van der Waals surface area contributed by atoms with Gasteiger partial charge in [0.15, 0.2) is 6.61 Å². The number of benzene rings is 2. The normalized spacial score (nSPS) is 11.7. The third kappa shape index (κ3) is 4.03. The fourth-order valence-electron chi connectivity index (χ4n) is 2.47. The fourth-order valence-corrected chi connectivity index (χ4v) is 3.48. The molecular weight excluding hydrogens is 400 g/mol. The fraction of sp³-hybridized carbons (Fsp3) is 0.0526. The van der Waals surface area contributed by atoms with Crippen molar-refractivity contribution < 1.29 is 9.53 Å². The third-order valence-electron chi connectivity index (χ3n) is 3.80. The summed E-state index contributed by atoms with van der Waals surface area (Å²) in [6, 6.07) is 13.9. The Morgan fingerprint density at radius 2 is 1.93 bits per heavy atom. The van der Waals surface area contributed by atoms with Crippen LogP contribution >= 0.6 is 22.9 Å². The summed E-state index contributed by atoms with van der Waals surface area (Å²) in [6.45, 7) is -0.121. The van der Waals surface area contributed by atoms with Gasteiger partial charge in [-0.1, -0.05) is 35.1 Å². The Balaban J connectivity index is 1.39. The Kier molecular flexibility index (Phi) is 5.05. The molecule has 28 heavy (non-hydrogen) atoms. The predicted octanol–water partition coefficient (Wildman–Crippen LogP) is 2.37. The van der Waals surface area contributed by atoms with Crippen LogP contribution in [-0.2, 0) is 4.79 Å². The Labute approximate surface area is 167 Å². The first kappa shape index (κ1) is 18.1. The molecule has 0 bridgehead atoms. The average Bonchev–Trinajstić information content (AvgIpc) is 3.26. The van der Waals surface area contributed by atoms with Crippen molar-refractivity contribution in [2.75, 3.05) is 11.9 Å². The topological polar surface area (TPSA) is 85.6 Å². The molecule has 0 aliphatic carbocycles. The zero-order valence-electron chi connectivity index (χ0n) is 14.3. The molecule has 140 valence electrons. The van der Waals surface area contributed by atoms with E-state index in [1.54, 1.807) is 42.5 Å². The summed E-state index contributed by atoms with van der Waals surface area (Å²) in [7, 11) is 0. The van der Waals surface area contributed by atoms with Gasteiger partial charge in [-0.3, -0.25) is 9.59 Å². The summed E-state index contributed by atoms with van der Waals surface area (Å²) in [5, 5.41) is 7.21. The molecular formula is C19H13ClN4O3S. The second-order valence-electron chi connectivity index (χ2n) is 5.78. The summed E-state index contributed by atoms with van der Waals surface area (Å²) < 4.78 is 7.31. The molecule has 2 aromatic heterocycles. The van der Waals surface area contributed by atoms with E-state index >= 15 is 0 Å². The number of nitrogens with one attached hydrogen (secondary N) is 1. The number of fused-ring (bicyclic) bond motifs is 1. The summed E-state index contributed by atoms with van der Waals surface area (Å²) in [5.74, 6) is 0.275. The lowest BCUT2D eigenvalue weighted by molar-refractivity contribution is -0.118. The molecule has 0 saturated carbocycles. The van der Waals surface area contributed by atoms with Crippen LogP contribution in [0.15, 0.2) is 59.7 Å². The summed E-state index contributed by atoms with van der Waals surface area (Å²) in [4.78, 5) is 28.7. The van der Waals surface area contributed by atoms with E-state index in [9.17, 15) is 9.59 Å². The highest BCUT2D eigenvalue weighted by molar-refractivity contribution is 7.15. The number of nitrogens with zero attached hydrogens (tertiary/aromatic N) is 3. The number of rotatable bonds is 5. The Hall–Kier alpha value is -3.23. The molecule has 0 radical (unpaired) electrons. The molecule has 1 N–H and O–H groups in total. The number of carbonyl (C=O) groups is 1. The van der Waals surface area contributed by atoms with Crippen LogP contribution in [0.25, 0.3) is 11.0 Å². The molecule has 0 atom stereocenters. The van der Waals surface area contributed by atoms with Gasteiger partial charge in [0.25, 0.3) is 11.5 Å².